The summed E-state index contributed by atoms with van der Waals surface area (Å²) in [5, 5.41) is 1.30. The van der Waals surface area contributed by atoms with E-state index in [1.54, 1.807) is 6.07 Å². The highest BCUT2D eigenvalue weighted by Gasteiger charge is 2.25. The van der Waals surface area contributed by atoms with Gasteiger partial charge in [0.2, 0.25) is 0 Å². The summed E-state index contributed by atoms with van der Waals surface area (Å²) in [4.78, 5) is 26.2. The zero-order chi connectivity index (χ0) is 21.4. The number of likely N-dealkylation sites (tertiary alicyclic amines) is 1. The van der Waals surface area contributed by atoms with Gasteiger partial charge in [-0.15, -0.1) is 0 Å². The Morgan fingerprint density at radius 1 is 1.16 bits per heavy atom. The number of hydrogen-bond acceptors (Lipinski definition) is 3. The molecule has 2 aromatic heterocycles. The van der Waals surface area contributed by atoms with Crippen LogP contribution in [0.2, 0.25) is 0 Å². The fourth-order valence-electron chi connectivity index (χ4n) is 4.68. The topological polar surface area (TPSA) is 64.8 Å². The molecule has 0 radical (unpaired) electrons. The highest BCUT2D eigenvalue weighted by atomic mass is 19.1. The zero-order valence-corrected chi connectivity index (χ0v) is 17.7. The number of carbonyl (C=O) groups excluding carboxylic acids is 1. The van der Waals surface area contributed by atoms with Gasteiger partial charge in [0.1, 0.15) is 17.4 Å². The lowest BCUT2D eigenvalue weighted by atomic mass is 9.90. The molecule has 1 aliphatic rings. The summed E-state index contributed by atoms with van der Waals surface area (Å²) >= 11 is 0. The van der Waals surface area contributed by atoms with Gasteiger partial charge >= 0.3 is 0 Å². The molecule has 0 atom stereocenters. The molecule has 160 valence electrons. The van der Waals surface area contributed by atoms with Crippen LogP contribution in [0.5, 0.6) is 0 Å². The van der Waals surface area contributed by atoms with Crippen LogP contribution in [0.4, 0.5) is 4.39 Å². The molecule has 2 aromatic carbocycles. The van der Waals surface area contributed by atoms with E-state index in [2.05, 4.69) is 51.2 Å². The lowest BCUT2D eigenvalue weighted by Crippen LogP contribution is -2.36. The zero-order valence-electron chi connectivity index (χ0n) is 17.7. The Morgan fingerprint density at radius 2 is 2.00 bits per heavy atom. The van der Waals surface area contributed by atoms with Crippen LogP contribution in [0.15, 0.2) is 42.6 Å². The normalized spacial score (nSPS) is 15.8. The van der Waals surface area contributed by atoms with Gasteiger partial charge < -0.3 is 9.97 Å². The van der Waals surface area contributed by atoms with Gasteiger partial charge in [-0.05, 0) is 68.8 Å². The van der Waals surface area contributed by atoms with E-state index in [1.165, 1.54) is 34.2 Å². The van der Waals surface area contributed by atoms with E-state index in [0.717, 1.165) is 43.8 Å². The molecule has 3 heterocycles. The summed E-state index contributed by atoms with van der Waals surface area (Å²) in [5.74, 6) is 0.909. The number of halogens is 1. The van der Waals surface area contributed by atoms with Gasteiger partial charge in [-0.1, -0.05) is 11.6 Å². The molecule has 0 aliphatic carbocycles. The first-order valence-electron chi connectivity index (χ1n) is 11.0. The summed E-state index contributed by atoms with van der Waals surface area (Å²) < 4.78 is 13.3. The molecule has 31 heavy (non-hydrogen) atoms. The molecule has 1 fully saturated rings. The van der Waals surface area contributed by atoms with E-state index in [9.17, 15) is 9.18 Å². The van der Waals surface area contributed by atoms with Crippen LogP contribution < -0.4 is 0 Å². The van der Waals surface area contributed by atoms with Gasteiger partial charge in [0.25, 0.3) is 0 Å². The van der Waals surface area contributed by atoms with Crippen molar-refractivity contribution in [2.75, 3.05) is 13.1 Å². The number of carbonyl (C=O) groups is 1. The molecule has 0 spiro atoms. The fraction of sp³-hybridized carbons (Fsp3) is 0.360. The number of nitrogens with one attached hydrogen (secondary N) is 2. The second-order valence-electron chi connectivity index (χ2n) is 8.72. The van der Waals surface area contributed by atoms with Crippen molar-refractivity contribution in [1.29, 1.82) is 0 Å². The van der Waals surface area contributed by atoms with Crippen LogP contribution in [0.3, 0.4) is 0 Å². The first kappa shape index (κ1) is 19.9. The molecule has 0 unspecified atom stereocenters. The van der Waals surface area contributed by atoms with Gasteiger partial charge in [0.15, 0.2) is 0 Å². The molecule has 0 saturated carbocycles. The maximum Gasteiger partial charge on any atom is 0.136 e. The lowest BCUT2D eigenvalue weighted by Gasteiger charge is -2.31. The molecule has 6 heteroatoms. The number of imidazole rings is 1. The third-order valence-corrected chi connectivity index (χ3v) is 6.46. The van der Waals surface area contributed by atoms with Crippen molar-refractivity contribution in [3.8, 4) is 0 Å². The maximum atomic E-state index is 13.3. The van der Waals surface area contributed by atoms with Gasteiger partial charge in [0.05, 0.1) is 11.0 Å². The van der Waals surface area contributed by atoms with Crippen LogP contribution in [0, 0.1) is 18.7 Å². The molecule has 1 saturated heterocycles. The standard InChI is InChI=1S/C25H27FN4O/c1-16-2-4-21-20(12-16)18(14-27-21)15-30-10-8-17(9-11-30)24(31)6-7-25-28-22-5-3-19(26)13-23(22)29-25/h2-5,12-14,17,27H,6-11,15H2,1H3,(H,28,29). The Hall–Kier alpha value is -2.99. The van der Waals surface area contributed by atoms with Gasteiger partial charge in [-0.2, -0.15) is 0 Å². The number of hydrogen-bond donors (Lipinski definition) is 2. The van der Waals surface area contributed by atoms with Crippen LogP contribution in [-0.4, -0.2) is 38.7 Å². The van der Waals surface area contributed by atoms with Gasteiger partial charge in [-0.3, -0.25) is 9.69 Å². The van der Waals surface area contributed by atoms with Gasteiger partial charge in [0, 0.05) is 42.4 Å². The highest BCUT2D eigenvalue weighted by molar-refractivity contribution is 5.84. The minimum Gasteiger partial charge on any atom is -0.361 e. The average Bonchev–Trinajstić information content (AvgIpc) is 3.35. The Bertz CT molecular complexity index is 1230. The molecule has 0 amide bonds. The molecular formula is C25H27FN4O. The number of aromatic nitrogens is 3. The molecule has 2 N–H and O–H groups in total. The number of aromatic amines is 2. The van der Waals surface area contributed by atoms with Crippen molar-refractivity contribution in [2.24, 2.45) is 5.92 Å². The third-order valence-electron chi connectivity index (χ3n) is 6.46. The largest absolute Gasteiger partial charge is 0.361 e. The third kappa shape index (κ3) is 4.26. The van der Waals surface area contributed by atoms with Crippen molar-refractivity contribution in [3.63, 3.8) is 0 Å². The average molecular weight is 419 g/mol. The van der Waals surface area contributed by atoms with Crippen molar-refractivity contribution >= 4 is 27.7 Å². The number of ketones is 1. The van der Waals surface area contributed by atoms with E-state index in [4.69, 9.17) is 0 Å². The summed E-state index contributed by atoms with van der Waals surface area (Å²) in [6, 6.07) is 11.0. The van der Waals surface area contributed by atoms with Crippen molar-refractivity contribution in [3.05, 3.63) is 65.4 Å². The molecular weight excluding hydrogens is 391 g/mol. The summed E-state index contributed by atoms with van der Waals surface area (Å²) in [7, 11) is 0. The number of rotatable bonds is 6. The number of fused-ring (bicyclic) bond motifs is 2. The number of benzene rings is 2. The van der Waals surface area contributed by atoms with E-state index in [1.807, 2.05) is 0 Å². The number of H-pyrrole nitrogens is 2. The van der Waals surface area contributed by atoms with Gasteiger partial charge in [-0.25, -0.2) is 9.37 Å². The van der Waals surface area contributed by atoms with E-state index in [0.29, 0.717) is 24.1 Å². The van der Waals surface area contributed by atoms with Crippen LogP contribution in [0.1, 0.15) is 36.2 Å². The van der Waals surface area contributed by atoms with Crippen LogP contribution in [0.25, 0.3) is 21.9 Å². The predicted molar refractivity (Wildman–Crippen MR) is 120 cm³/mol. The fourth-order valence-corrected chi connectivity index (χ4v) is 4.68. The summed E-state index contributed by atoms with van der Waals surface area (Å²) in [6.45, 7) is 4.93. The quantitative estimate of drug-likeness (QED) is 0.468. The Morgan fingerprint density at radius 3 is 2.84 bits per heavy atom. The minimum absolute atomic E-state index is 0.128. The van der Waals surface area contributed by atoms with Crippen molar-refractivity contribution in [1.82, 2.24) is 19.9 Å². The lowest BCUT2D eigenvalue weighted by molar-refractivity contribution is -0.124. The van der Waals surface area contributed by atoms with Crippen molar-refractivity contribution in [2.45, 2.75) is 39.2 Å². The molecule has 5 nitrogen and oxygen atoms in total. The Kier molecular flexibility index (Phi) is 5.32. The van der Waals surface area contributed by atoms with Crippen LogP contribution in [-0.2, 0) is 17.8 Å². The van der Waals surface area contributed by atoms with E-state index in [-0.39, 0.29) is 11.7 Å². The monoisotopic (exact) mass is 418 g/mol. The first-order valence-corrected chi connectivity index (χ1v) is 11.0. The number of piperidine rings is 1. The molecule has 5 rings (SSSR count). The van der Waals surface area contributed by atoms with Crippen LogP contribution >= 0.6 is 0 Å². The van der Waals surface area contributed by atoms with E-state index < -0.39 is 0 Å². The number of Topliss-reactive ketones (excluding diaryl/α,β-unsaturated/α-hetero) is 1. The number of nitrogens with zero attached hydrogens (tertiary/aromatic N) is 2. The molecule has 1 aliphatic heterocycles. The predicted octanol–water partition coefficient (Wildman–Crippen LogP) is 4.91. The second kappa shape index (κ2) is 8.27. The molecule has 0 bridgehead atoms. The smallest absolute Gasteiger partial charge is 0.136 e. The Balaban J connectivity index is 1.14. The summed E-state index contributed by atoms with van der Waals surface area (Å²) in [6.07, 6.45) is 4.98. The summed E-state index contributed by atoms with van der Waals surface area (Å²) in [5.41, 5.74) is 5.20. The SMILES string of the molecule is Cc1ccc2[nH]cc(CN3CCC(C(=O)CCc4nc5ccc(F)cc5[nH]4)CC3)c2c1. The number of aryl methyl sites for hydroxylation is 2. The Labute approximate surface area is 180 Å². The maximum absolute atomic E-state index is 13.3. The first-order chi connectivity index (χ1) is 15.0. The second-order valence-corrected chi connectivity index (χ2v) is 8.72. The van der Waals surface area contributed by atoms with E-state index >= 15 is 0 Å². The van der Waals surface area contributed by atoms with Crippen molar-refractivity contribution < 1.29 is 9.18 Å². The molecule has 4 aromatic rings. The minimum atomic E-state index is -0.284. The highest BCUT2D eigenvalue weighted by Crippen LogP contribution is 2.25.